The highest BCUT2D eigenvalue weighted by atomic mass is 16.2. The fourth-order valence-corrected chi connectivity index (χ4v) is 2.48. The lowest BCUT2D eigenvalue weighted by Crippen LogP contribution is -2.19. The van der Waals surface area contributed by atoms with Crippen molar-refractivity contribution in [2.24, 2.45) is 11.5 Å². The number of carbonyl (C=O) groups is 2. The number of aromatic nitrogens is 2. The van der Waals surface area contributed by atoms with Gasteiger partial charge in [-0.2, -0.15) is 4.98 Å². The molecule has 2 aromatic carbocycles. The molecule has 0 aliphatic carbocycles. The number of rotatable bonds is 7. The second-order valence-electron chi connectivity index (χ2n) is 5.85. The monoisotopic (exact) mass is 377 g/mol. The second-order valence-corrected chi connectivity index (χ2v) is 5.85. The molecule has 9 heteroatoms. The zero-order valence-electron chi connectivity index (χ0n) is 14.8. The van der Waals surface area contributed by atoms with E-state index < -0.39 is 11.9 Å². The Balaban J connectivity index is 1.80. The quantitative estimate of drug-likeness (QED) is 0.427. The summed E-state index contributed by atoms with van der Waals surface area (Å²) in [6.07, 6.45) is 1.36. The summed E-state index contributed by atoms with van der Waals surface area (Å²) in [5, 5.41) is 8.61. The van der Waals surface area contributed by atoms with Crippen molar-refractivity contribution in [3.05, 3.63) is 71.9 Å². The molecule has 0 atom stereocenters. The summed E-state index contributed by atoms with van der Waals surface area (Å²) >= 11 is 0. The summed E-state index contributed by atoms with van der Waals surface area (Å²) in [4.78, 5) is 31.1. The van der Waals surface area contributed by atoms with Crippen molar-refractivity contribution in [2.45, 2.75) is 6.54 Å². The molecule has 3 rings (SSSR count). The third-order valence-corrected chi connectivity index (χ3v) is 3.74. The van der Waals surface area contributed by atoms with Gasteiger partial charge in [0.1, 0.15) is 5.82 Å². The number of benzene rings is 2. The van der Waals surface area contributed by atoms with Gasteiger partial charge in [0.15, 0.2) is 0 Å². The number of primary amides is 2. The number of nitrogens with zero attached hydrogens (tertiary/aromatic N) is 2. The van der Waals surface area contributed by atoms with E-state index in [4.69, 9.17) is 11.5 Å². The fraction of sp³-hybridized carbons (Fsp3) is 0.0526. The summed E-state index contributed by atoms with van der Waals surface area (Å²) < 4.78 is 0. The average Bonchev–Trinajstić information content (AvgIpc) is 2.67. The maximum absolute atomic E-state index is 11.7. The molecule has 0 saturated heterocycles. The maximum atomic E-state index is 11.7. The number of hydrogen-bond acceptors (Lipinski definition) is 6. The Labute approximate surface area is 161 Å². The lowest BCUT2D eigenvalue weighted by atomic mass is 10.2. The highest BCUT2D eigenvalue weighted by Gasteiger charge is 2.12. The minimum absolute atomic E-state index is 0.186. The van der Waals surface area contributed by atoms with Crippen LogP contribution in [-0.4, -0.2) is 21.9 Å². The average molecular weight is 377 g/mol. The summed E-state index contributed by atoms with van der Waals surface area (Å²) in [6.45, 7) is 0.468. The first-order chi connectivity index (χ1) is 13.5. The lowest BCUT2D eigenvalue weighted by molar-refractivity contribution is 0.100. The van der Waals surface area contributed by atoms with Crippen molar-refractivity contribution < 1.29 is 9.59 Å². The number of amides is 3. The Kier molecular flexibility index (Phi) is 5.66. The Morgan fingerprint density at radius 3 is 2.43 bits per heavy atom. The highest BCUT2D eigenvalue weighted by Crippen LogP contribution is 2.20. The summed E-state index contributed by atoms with van der Waals surface area (Å²) in [6, 6.07) is 15.9. The topological polar surface area (TPSA) is 148 Å². The molecule has 0 aliphatic heterocycles. The first-order valence-corrected chi connectivity index (χ1v) is 8.39. The number of hydrogen-bond donors (Lipinski definition) is 5. The zero-order valence-corrected chi connectivity index (χ0v) is 14.8. The van der Waals surface area contributed by atoms with Crippen LogP contribution in [0.15, 0.2) is 60.8 Å². The van der Waals surface area contributed by atoms with Crippen molar-refractivity contribution in [1.29, 1.82) is 0 Å². The van der Waals surface area contributed by atoms with Gasteiger partial charge in [0.25, 0.3) is 5.91 Å². The van der Waals surface area contributed by atoms with E-state index in [0.717, 1.165) is 5.56 Å². The molecule has 28 heavy (non-hydrogen) atoms. The van der Waals surface area contributed by atoms with Gasteiger partial charge < -0.3 is 27.4 Å². The van der Waals surface area contributed by atoms with Crippen LogP contribution in [0.2, 0.25) is 0 Å². The van der Waals surface area contributed by atoms with Gasteiger partial charge >= 0.3 is 6.03 Å². The maximum Gasteiger partial charge on any atom is 0.316 e. The molecule has 0 radical (unpaired) electrons. The van der Waals surface area contributed by atoms with Gasteiger partial charge in [-0.25, -0.2) is 9.78 Å². The minimum atomic E-state index is -0.661. The Morgan fingerprint density at radius 1 is 0.964 bits per heavy atom. The summed E-state index contributed by atoms with van der Waals surface area (Å²) in [5.74, 6) is -0.0492. The van der Waals surface area contributed by atoms with E-state index in [1.807, 2.05) is 30.3 Å². The normalized spacial score (nSPS) is 10.1. The lowest BCUT2D eigenvalue weighted by Gasteiger charge is -2.12. The number of nitrogens with two attached hydrogens (primary N) is 2. The predicted octanol–water partition coefficient (Wildman–Crippen LogP) is 2.42. The molecule has 142 valence electrons. The molecule has 0 spiro atoms. The fourth-order valence-electron chi connectivity index (χ4n) is 2.48. The van der Waals surface area contributed by atoms with E-state index in [2.05, 4.69) is 25.9 Å². The molecular formula is C19H19N7O2. The summed E-state index contributed by atoms with van der Waals surface area (Å²) in [7, 11) is 0. The molecule has 3 amide bonds. The van der Waals surface area contributed by atoms with Gasteiger partial charge in [0.05, 0.1) is 5.56 Å². The molecule has 7 N–H and O–H groups in total. The van der Waals surface area contributed by atoms with Gasteiger partial charge in [-0.05, 0) is 23.8 Å². The van der Waals surface area contributed by atoms with E-state index >= 15 is 0 Å². The van der Waals surface area contributed by atoms with Gasteiger partial charge in [-0.15, -0.1) is 0 Å². The van der Waals surface area contributed by atoms with Gasteiger partial charge in [-0.3, -0.25) is 4.79 Å². The number of nitrogens with one attached hydrogen (secondary N) is 3. The SMILES string of the molecule is NC(=O)Nc1cccc(Nc2ncc(C(N)=O)c(NCc3ccccc3)n2)c1. The van der Waals surface area contributed by atoms with E-state index in [1.165, 1.54) is 6.20 Å². The Morgan fingerprint density at radius 2 is 1.71 bits per heavy atom. The molecule has 0 fully saturated rings. The van der Waals surface area contributed by atoms with Crippen LogP contribution in [0.5, 0.6) is 0 Å². The van der Waals surface area contributed by atoms with Crippen molar-refractivity contribution in [2.75, 3.05) is 16.0 Å². The van der Waals surface area contributed by atoms with Crippen LogP contribution in [0.4, 0.5) is 27.9 Å². The Hall–Kier alpha value is -4.14. The largest absolute Gasteiger partial charge is 0.365 e. The first kappa shape index (κ1) is 18.6. The van der Waals surface area contributed by atoms with E-state index in [9.17, 15) is 9.59 Å². The molecule has 3 aromatic rings. The molecule has 0 unspecified atom stereocenters. The van der Waals surface area contributed by atoms with Crippen molar-refractivity contribution in [3.8, 4) is 0 Å². The smallest absolute Gasteiger partial charge is 0.316 e. The van der Waals surface area contributed by atoms with Gasteiger partial charge in [0, 0.05) is 24.1 Å². The zero-order chi connectivity index (χ0) is 19.9. The van der Waals surface area contributed by atoms with Crippen LogP contribution in [0, 0.1) is 0 Å². The number of anilines is 4. The van der Waals surface area contributed by atoms with Crippen LogP contribution >= 0.6 is 0 Å². The molecule has 0 bridgehead atoms. The van der Waals surface area contributed by atoms with E-state index in [-0.39, 0.29) is 11.5 Å². The highest BCUT2D eigenvalue weighted by molar-refractivity contribution is 5.97. The van der Waals surface area contributed by atoms with Crippen molar-refractivity contribution in [3.63, 3.8) is 0 Å². The van der Waals surface area contributed by atoms with Crippen LogP contribution in [-0.2, 0) is 6.54 Å². The second kappa shape index (κ2) is 8.49. The van der Waals surface area contributed by atoms with E-state index in [0.29, 0.717) is 23.7 Å². The summed E-state index contributed by atoms with van der Waals surface area (Å²) in [5.41, 5.74) is 12.9. The molecular weight excluding hydrogens is 358 g/mol. The van der Waals surface area contributed by atoms with Crippen molar-refractivity contribution in [1.82, 2.24) is 9.97 Å². The molecule has 1 heterocycles. The first-order valence-electron chi connectivity index (χ1n) is 8.39. The third kappa shape index (κ3) is 4.94. The third-order valence-electron chi connectivity index (χ3n) is 3.74. The molecule has 0 aliphatic rings. The van der Waals surface area contributed by atoms with Crippen LogP contribution in [0.25, 0.3) is 0 Å². The minimum Gasteiger partial charge on any atom is -0.365 e. The predicted molar refractivity (Wildman–Crippen MR) is 107 cm³/mol. The van der Waals surface area contributed by atoms with Crippen LogP contribution < -0.4 is 27.4 Å². The van der Waals surface area contributed by atoms with Crippen LogP contribution in [0.1, 0.15) is 15.9 Å². The molecule has 9 nitrogen and oxygen atoms in total. The van der Waals surface area contributed by atoms with Crippen molar-refractivity contribution >= 4 is 35.1 Å². The van der Waals surface area contributed by atoms with Gasteiger partial charge in [0.2, 0.25) is 5.95 Å². The van der Waals surface area contributed by atoms with Crippen LogP contribution in [0.3, 0.4) is 0 Å². The Bertz CT molecular complexity index is 993. The van der Waals surface area contributed by atoms with Gasteiger partial charge in [-0.1, -0.05) is 36.4 Å². The standard InChI is InChI=1S/C19H19N7O2/c20-16(27)15-11-23-19(25-14-8-4-7-13(9-14)24-18(21)28)26-17(15)22-10-12-5-2-1-3-6-12/h1-9,11H,10H2,(H2,20,27)(H3,21,24,28)(H2,22,23,25,26). The number of urea groups is 1. The number of carbonyl (C=O) groups excluding carboxylic acids is 2. The molecule has 1 aromatic heterocycles. The van der Waals surface area contributed by atoms with E-state index in [1.54, 1.807) is 24.3 Å². The molecule has 0 saturated carbocycles.